The van der Waals surface area contributed by atoms with Crippen molar-refractivity contribution in [2.45, 2.75) is 25.3 Å². The van der Waals surface area contributed by atoms with E-state index in [0.29, 0.717) is 19.6 Å². The van der Waals surface area contributed by atoms with E-state index in [1.54, 1.807) is 0 Å². The van der Waals surface area contributed by atoms with Crippen LogP contribution in [0.15, 0.2) is 60.7 Å². The Morgan fingerprint density at radius 1 is 1.09 bits per heavy atom. The zero-order valence-corrected chi connectivity index (χ0v) is 19.1. The normalized spacial score (nSPS) is 18.2. The SMILES string of the molecule is COC(=O)C[C@@H]1COc2cc(NC3COc4c3cccc4-n3c(C)nc4ccccc43)ccc21. The van der Waals surface area contributed by atoms with E-state index in [1.165, 1.54) is 7.11 Å². The summed E-state index contributed by atoms with van der Waals surface area (Å²) in [7, 11) is 1.41. The van der Waals surface area contributed by atoms with Gasteiger partial charge in [0.2, 0.25) is 0 Å². The summed E-state index contributed by atoms with van der Waals surface area (Å²) in [6.45, 7) is 3.04. The number of esters is 1. The third-order valence-electron chi connectivity index (χ3n) is 6.64. The first-order valence-electron chi connectivity index (χ1n) is 11.4. The molecule has 34 heavy (non-hydrogen) atoms. The van der Waals surface area contributed by atoms with Crippen molar-refractivity contribution in [3.63, 3.8) is 0 Å². The Morgan fingerprint density at radius 3 is 2.85 bits per heavy atom. The van der Waals surface area contributed by atoms with Crippen LogP contribution < -0.4 is 14.8 Å². The fourth-order valence-corrected chi connectivity index (χ4v) is 5.00. The van der Waals surface area contributed by atoms with Crippen LogP contribution in [0.2, 0.25) is 0 Å². The monoisotopic (exact) mass is 455 g/mol. The van der Waals surface area contributed by atoms with Gasteiger partial charge in [-0.05, 0) is 31.2 Å². The lowest BCUT2D eigenvalue weighted by Gasteiger charge is -2.15. The molecule has 172 valence electrons. The molecular formula is C27H25N3O4. The minimum Gasteiger partial charge on any atom is -0.493 e. The zero-order chi connectivity index (χ0) is 23.2. The van der Waals surface area contributed by atoms with Crippen LogP contribution in [0.5, 0.6) is 11.5 Å². The first-order chi connectivity index (χ1) is 16.6. The summed E-state index contributed by atoms with van der Waals surface area (Å²) < 4.78 is 19.0. The van der Waals surface area contributed by atoms with Crippen LogP contribution in [0.4, 0.5) is 5.69 Å². The van der Waals surface area contributed by atoms with Crippen molar-refractivity contribution in [1.82, 2.24) is 9.55 Å². The number of aryl methyl sites for hydroxylation is 1. The molecule has 0 saturated carbocycles. The number of para-hydroxylation sites is 3. The van der Waals surface area contributed by atoms with E-state index < -0.39 is 0 Å². The Morgan fingerprint density at radius 2 is 1.97 bits per heavy atom. The number of aromatic nitrogens is 2. The van der Waals surface area contributed by atoms with Crippen molar-refractivity contribution >= 4 is 22.7 Å². The summed E-state index contributed by atoms with van der Waals surface area (Å²) in [4.78, 5) is 16.4. The highest BCUT2D eigenvalue weighted by Gasteiger charge is 2.30. The second-order valence-electron chi connectivity index (χ2n) is 8.73. The predicted octanol–water partition coefficient (Wildman–Crippen LogP) is 4.92. The molecule has 1 unspecified atom stereocenters. The van der Waals surface area contributed by atoms with Crippen LogP contribution >= 0.6 is 0 Å². The minimum absolute atomic E-state index is 0.00959. The number of nitrogens with zero attached hydrogens (tertiary/aromatic N) is 2. The number of benzene rings is 3. The number of fused-ring (bicyclic) bond motifs is 3. The molecule has 6 rings (SSSR count). The number of hydrogen-bond acceptors (Lipinski definition) is 6. The molecule has 2 aliphatic heterocycles. The van der Waals surface area contributed by atoms with Crippen molar-refractivity contribution in [1.29, 1.82) is 0 Å². The third-order valence-corrected chi connectivity index (χ3v) is 6.64. The van der Waals surface area contributed by atoms with Crippen molar-refractivity contribution in [3.8, 4) is 17.2 Å². The van der Waals surface area contributed by atoms with Crippen LogP contribution in [-0.4, -0.2) is 35.8 Å². The molecule has 7 nitrogen and oxygen atoms in total. The number of nitrogens with one attached hydrogen (secondary N) is 1. The summed E-state index contributed by atoms with van der Waals surface area (Å²) in [6.07, 6.45) is 0.325. The van der Waals surface area contributed by atoms with Crippen LogP contribution in [0.3, 0.4) is 0 Å². The van der Waals surface area contributed by atoms with E-state index in [9.17, 15) is 4.79 Å². The zero-order valence-electron chi connectivity index (χ0n) is 19.1. The Kier molecular flexibility index (Phi) is 4.90. The molecule has 0 aliphatic carbocycles. The summed E-state index contributed by atoms with van der Waals surface area (Å²) in [5.74, 6) is 2.42. The van der Waals surface area contributed by atoms with Crippen molar-refractivity contribution < 1.29 is 19.0 Å². The van der Waals surface area contributed by atoms with Gasteiger partial charge < -0.3 is 19.5 Å². The number of imidazole rings is 1. The summed E-state index contributed by atoms with van der Waals surface area (Å²) >= 11 is 0. The van der Waals surface area contributed by atoms with E-state index >= 15 is 0 Å². The van der Waals surface area contributed by atoms with Gasteiger partial charge in [-0.15, -0.1) is 0 Å². The smallest absolute Gasteiger partial charge is 0.306 e. The van der Waals surface area contributed by atoms with Gasteiger partial charge in [-0.2, -0.15) is 0 Å². The number of methoxy groups -OCH3 is 1. The standard InChI is InChI=1S/C27H25N3O4/c1-16-28-21-7-3-4-8-23(21)30(16)24-9-5-6-20-22(15-34-27(20)24)29-18-10-11-19-17(12-26(31)32-2)14-33-25(19)13-18/h3-11,13,17,22,29H,12,14-15H2,1-2H3/t17-,22?/m1/s1. The van der Waals surface area contributed by atoms with Crippen LogP contribution in [-0.2, 0) is 9.53 Å². The molecule has 0 radical (unpaired) electrons. The first-order valence-corrected chi connectivity index (χ1v) is 11.4. The first kappa shape index (κ1) is 20.6. The molecule has 0 bridgehead atoms. The number of carbonyl (C=O) groups is 1. The molecular weight excluding hydrogens is 430 g/mol. The molecule has 7 heteroatoms. The average Bonchev–Trinajstić information content (AvgIpc) is 3.54. The average molecular weight is 456 g/mol. The molecule has 0 saturated heterocycles. The molecule has 0 fully saturated rings. The van der Waals surface area contributed by atoms with Gasteiger partial charge >= 0.3 is 5.97 Å². The minimum atomic E-state index is -0.222. The number of hydrogen-bond donors (Lipinski definition) is 1. The molecule has 1 aromatic heterocycles. The molecule has 3 aromatic carbocycles. The topological polar surface area (TPSA) is 74.6 Å². The fourth-order valence-electron chi connectivity index (χ4n) is 5.00. The number of anilines is 1. The van der Waals surface area contributed by atoms with Gasteiger partial charge in [-0.1, -0.05) is 30.3 Å². The highest BCUT2D eigenvalue weighted by molar-refractivity contribution is 5.79. The van der Waals surface area contributed by atoms with Gasteiger partial charge in [0, 0.05) is 28.8 Å². The van der Waals surface area contributed by atoms with Crippen LogP contribution in [0.1, 0.15) is 35.3 Å². The van der Waals surface area contributed by atoms with Gasteiger partial charge in [-0.25, -0.2) is 4.98 Å². The quantitative estimate of drug-likeness (QED) is 0.431. The van der Waals surface area contributed by atoms with E-state index in [-0.39, 0.29) is 17.9 Å². The Labute approximate surface area is 197 Å². The summed E-state index contributed by atoms with van der Waals surface area (Å²) in [5.41, 5.74) is 6.13. The highest BCUT2D eigenvalue weighted by Crippen LogP contribution is 2.42. The van der Waals surface area contributed by atoms with E-state index in [4.69, 9.17) is 19.2 Å². The fraction of sp³-hybridized carbons (Fsp3) is 0.259. The van der Waals surface area contributed by atoms with Crippen molar-refractivity contribution in [2.24, 2.45) is 0 Å². The maximum Gasteiger partial charge on any atom is 0.306 e. The number of ether oxygens (including phenoxy) is 3. The van der Waals surface area contributed by atoms with Gasteiger partial charge in [0.05, 0.1) is 42.9 Å². The molecule has 0 amide bonds. The van der Waals surface area contributed by atoms with Crippen molar-refractivity contribution in [2.75, 3.05) is 25.6 Å². The lowest BCUT2D eigenvalue weighted by molar-refractivity contribution is -0.141. The summed E-state index contributed by atoms with van der Waals surface area (Å²) in [6, 6.07) is 20.5. The third kappa shape index (κ3) is 3.36. The molecule has 0 spiro atoms. The van der Waals surface area contributed by atoms with Gasteiger partial charge in [0.15, 0.2) is 0 Å². The van der Waals surface area contributed by atoms with E-state index in [2.05, 4.69) is 34.1 Å². The molecule has 2 atom stereocenters. The molecule has 1 N–H and O–H groups in total. The van der Waals surface area contributed by atoms with Gasteiger partial charge in [-0.3, -0.25) is 9.36 Å². The second-order valence-corrected chi connectivity index (χ2v) is 8.73. The van der Waals surface area contributed by atoms with E-state index in [1.807, 2.05) is 43.3 Å². The maximum atomic E-state index is 11.7. The lowest BCUT2D eigenvalue weighted by Crippen LogP contribution is -2.12. The molecule has 4 aromatic rings. The van der Waals surface area contributed by atoms with E-state index in [0.717, 1.165) is 50.9 Å². The van der Waals surface area contributed by atoms with Crippen LogP contribution in [0, 0.1) is 6.92 Å². The second kappa shape index (κ2) is 8.09. The van der Waals surface area contributed by atoms with Crippen molar-refractivity contribution in [3.05, 3.63) is 77.6 Å². The number of rotatable bonds is 5. The Hall–Kier alpha value is -4.00. The predicted molar refractivity (Wildman–Crippen MR) is 129 cm³/mol. The highest BCUT2D eigenvalue weighted by atomic mass is 16.5. The molecule has 2 aliphatic rings. The Bertz CT molecular complexity index is 1410. The maximum absolute atomic E-state index is 11.7. The van der Waals surface area contributed by atoms with Crippen LogP contribution in [0.25, 0.3) is 16.7 Å². The largest absolute Gasteiger partial charge is 0.493 e. The van der Waals surface area contributed by atoms with Gasteiger partial charge in [0.25, 0.3) is 0 Å². The van der Waals surface area contributed by atoms with Gasteiger partial charge in [0.1, 0.15) is 23.9 Å². The lowest BCUT2D eigenvalue weighted by atomic mass is 9.97. The summed E-state index contributed by atoms with van der Waals surface area (Å²) in [5, 5.41) is 3.60. The molecule has 3 heterocycles. The Balaban J connectivity index is 1.28. The number of carbonyl (C=O) groups excluding carboxylic acids is 1.